The highest BCUT2D eigenvalue weighted by Crippen LogP contribution is 2.16. The third-order valence-corrected chi connectivity index (χ3v) is 2.70. The molecule has 96 valence electrons. The van der Waals surface area contributed by atoms with Crippen LogP contribution < -0.4 is 5.32 Å². The van der Waals surface area contributed by atoms with Crippen LogP contribution in [0.15, 0.2) is 5.38 Å². The van der Waals surface area contributed by atoms with E-state index in [0.29, 0.717) is 23.9 Å². The number of halogens is 2. The first-order valence-corrected chi connectivity index (χ1v) is 6.11. The summed E-state index contributed by atoms with van der Waals surface area (Å²) in [6.07, 6.45) is -1.68. The number of alkyl halides is 2. The maximum Gasteiger partial charge on any atom is 0.306 e. The van der Waals surface area contributed by atoms with E-state index in [1.807, 2.05) is 0 Å². The van der Waals surface area contributed by atoms with Crippen LogP contribution in [0.1, 0.15) is 19.0 Å². The number of anilines is 1. The van der Waals surface area contributed by atoms with Crippen molar-refractivity contribution < 1.29 is 18.3 Å². The Hall–Kier alpha value is -1.24. The van der Waals surface area contributed by atoms with Crippen molar-refractivity contribution in [3.63, 3.8) is 0 Å². The van der Waals surface area contributed by atoms with Gasteiger partial charge in [-0.1, -0.05) is 0 Å². The maximum absolute atomic E-state index is 11.9. The molecule has 1 rings (SSSR count). The number of carbonyl (C=O) groups excluding carboxylic acids is 1. The van der Waals surface area contributed by atoms with Crippen molar-refractivity contribution in [2.45, 2.75) is 26.2 Å². The van der Waals surface area contributed by atoms with E-state index >= 15 is 0 Å². The topological polar surface area (TPSA) is 51.2 Å². The van der Waals surface area contributed by atoms with E-state index in [2.05, 4.69) is 10.3 Å². The molecular weight excluding hydrogens is 250 g/mol. The lowest BCUT2D eigenvalue weighted by molar-refractivity contribution is -0.143. The van der Waals surface area contributed by atoms with Gasteiger partial charge in [0, 0.05) is 11.8 Å². The van der Waals surface area contributed by atoms with E-state index in [-0.39, 0.29) is 12.4 Å². The Bertz CT molecular complexity index is 358. The highest BCUT2D eigenvalue weighted by Gasteiger charge is 2.07. The van der Waals surface area contributed by atoms with Crippen molar-refractivity contribution in [3.8, 4) is 0 Å². The summed E-state index contributed by atoms with van der Waals surface area (Å²) in [6, 6.07) is 0. The van der Waals surface area contributed by atoms with Gasteiger partial charge in [-0.15, -0.1) is 11.3 Å². The predicted octanol–water partition coefficient (Wildman–Crippen LogP) is 2.32. The Morgan fingerprint density at radius 2 is 2.41 bits per heavy atom. The lowest BCUT2D eigenvalue weighted by Crippen LogP contribution is -2.10. The van der Waals surface area contributed by atoms with E-state index in [1.54, 1.807) is 12.3 Å². The number of esters is 1. The molecule has 1 aromatic rings. The molecule has 0 aliphatic heterocycles. The summed E-state index contributed by atoms with van der Waals surface area (Å²) in [4.78, 5) is 15.2. The minimum absolute atomic E-state index is 0.256. The molecule has 0 aliphatic rings. The van der Waals surface area contributed by atoms with Crippen LogP contribution in [0, 0.1) is 0 Å². The third kappa shape index (κ3) is 5.58. The van der Waals surface area contributed by atoms with Gasteiger partial charge in [0.05, 0.1) is 25.3 Å². The average molecular weight is 264 g/mol. The van der Waals surface area contributed by atoms with Gasteiger partial charge in [-0.25, -0.2) is 13.8 Å². The third-order valence-electron chi connectivity index (χ3n) is 1.85. The van der Waals surface area contributed by atoms with Gasteiger partial charge in [0.2, 0.25) is 0 Å². The number of thiazole rings is 1. The largest absolute Gasteiger partial charge is 0.466 e. The second kappa shape index (κ2) is 7.16. The highest BCUT2D eigenvalue weighted by molar-refractivity contribution is 7.13. The van der Waals surface area contributed by atoms with Gasteiger partial charge in [0.25, 0.3) is 6.43 Å². The molecule has 0 bridgehead atoms. The number of aryl methyl sites for hydroxylation is 1. The molecule has 0 saturated heterocycles. The van der Waals surface area contributed by atoms with Crippen molar-refractivity contribution in [2.75, 3.05) is 18.5 Å². The molecule has 7 heteroatoms. The van der Waals surface area contributed by atoms with Crippen LogP contribution in [0.2, 0.25) is 0 Å². The summed E-state index contributed by atoms with van der Waals surface area (Å²) in [5.41, 5.74) is 0.708. The molecule has 1 aromatic heterocycles. The molecule has 0 aliphatic carbocycles. The van der Waals surface area contributed by atoms with Gasteiger partial charge in [0.15, 0.2) is 5.13 Å². The zero-order chi connectivity index (χ0) is 12.7. The maximum atomic E-state index is 11.9. The number of hydrogen-bond donors (Lipinski definition) is 1. The normalized spacial score (nSPS) is 10.6. The predicted molar refractivity (Wildman–Crippen MR) is 61.6 cm³/mol. The molecule has 0 spiro atoms. The number of carbonyl (C=O) groups is 1. The Morgan fingerprint density at radius 3 is 3.06 bits per heavy atom. The Kier molecular flexibility index (Phi) is 5.82. The molecule has 0 saturated carbocycles. The minimum atomic E-state index is -2.40. The smallest absolute Gasteiger partial charge is 0.306 e. The molecule has 1 heterocycles. The van der Waals surface area contributed by atoms with Crippen molar-refractivity contribution in [1.29, 1.82) is 0 Å². The van der Waals surface area contributed by atoms with E-state index in [1.165, 1.54) is 11.3 Å². The lowest BCUT2D eigenvalue weighted by atomic mass is 10.2. The zero-order valence-corrected chi connectivity index (χ0v) is 10.2. The fraction of sp³-hybridized carbons (Fsp3) is 0.600. The Morgan fingerprint density at radius 1 is 1.65 bits per heavy atom. The van der Waals surface area contributed by atoms with Gasteiger partial charge in [-0.05, 0) is 6.92 Å². The number of hydrogen-bond acceptors (Lipinski definition) is 5. The van der Waals surface area contributed by atoms with Crippen molar-refractivity contribution in [1.82, 2.24) is 4.98 Å². The lowest BCUT2D eigenvalue weighted by Gasteiger charge is -2.00. The zero-order valence-electron chi connectivity index (χ0n) is 9.41. The number of nitrogens with zero attached hydrogens (tertiary/aromatic N) is 1. The summed E-state index contributed by atoms with van der Waals surface area (Å²) >= 11 is 1.25. The van der Waals surface area contributed by atoms with Gasteiger partial charge < -0.3 is 10.1 Å². The molecule has 1 N–H and O–H groups in total. The minimum Gasteiger partial charge on any atom is -0.466 e. The first-order chi connectivity index (χ1) is 8.11. The van der Waals surface area contributed by atoms with Crippen molar-refractivity contribution in [2.24, 2.45) is 0 Å². The SMILES string of the molecule is CCOC(=O)CCc1csc(NCC(F)F)n1. The number of ether oxygens (including phenoxy) is 1. The summed E-state index contributed by atoms with van der Waals surface area (Å²) in [7, 11) is 0. The molecule has 17 heavy (non-hydrogen) atoms. The van der Waals surface area contributed by atoms with Crippen molar-refractivity contribution in [3.05, 3.63) is 11.1 Å². The molecule has 0 amide bonds. The van der Waals surface area contributed by atoms with Gasteiger partial charge in [0.1, 0.15) is 0 Å². The monoisotopic (exact) mass is 264 g/mol. The van der Waals surface area contributed by atoms with Crippen LogP contribution in [0.5, 0.6) is 0 Å². The summed E-state index contributed by atoms with van der Waals surface area (Å²) < 4.78 is 28.6. The number of aromatic nitrogens is 1. The summed E-state index contributed by atoms with van der Waals surface area (Å²) in [6.45, 7) is 1.69. The van der Waals surface area contributed by atoms with E-state index < -0.39 is 13.0 Å². The first kappa shape index (κ1) is 13.8. The Balaban J connectivity index is 2.32. The quantitative estimate of drug-likeness (QED) is 0.768. The molecule has 0 atom stereocenters. The highest BCUT2D eigenvalue weighted by atomic mass is 32.1. The molecule has 4 nitrogen and oxygen atoms in total. The summed E-state index contributed by atoms with van der Waals surface area (Å²) in [5, 5.41) is 4.71. The van der Waals surface area contributed by atoms with Crippen molar-refractivity contribution >= 4 is 22.4 Å². The van der Waals surface area contributed by atoms with Crippen LogP contribution in [-0.4, -0.2) is 30.5 Å². The molecule has 0 unspecified atom stereocenters. The van der Waals surface area contributed by atoms with E-state index in [9.17, 15) is 13.6 Å². The number of rotatable bonds is 7. The fourth-order valence-corrected chi connectivity index (χ4v) is 1.89. The Labute approximate surface area is 102 Å². The van der Waals surface area contributed by atoms with Gasteiger partial charge >= 0.3 is 5.97 Å². The molecular formula is C10H14F2N2O2S. The molecule has 0 aromatic carbocycles. The standard InChI is InChI=1S/C10H14F2N2O2S/c1-2-16-9(15)4-3-7-6-17-10(14-7)13-5-8(11)12/h6,8H,2-5H2,1H3,(H,13,14). The summed E-state index contributed by atoms with van der Waals surface area (Å²) in [5.74, 6) is -0.275. The fourth-order valence-electron chi connectivity index (χ4n) is 1.13. The van der Waals surface area contributed by atoms with Gasteiger partial charge in [-0.2, -0.15) is 0 Å². The average Bonchev–Trinajstić information content (AvgIpc) is 2.72. The second-order valence-electron chi connectivity index (χ2n) is 3.22. The van der Waals surface area contributed by atoms with Crippen LogP contribution in [0.4, 0.5) is 13.9 Å². The van der Waals surface area contributed by atoms with Crippen LogP contribution >= 0.6 is 11.3 Å². The van der Waals surface area contributed by atoms with Gasteiger partial charge in [-0.3, -0.25) is 4.79 Å². The second-order valence-corrected chi connectivity index (χ2v) is 4.08. The van der Waals surface area contributed by atoms with Crippen LogP contribution in [-0.2, 0) is 16.0 Å². The van der Waals surface area contributed by atoms with Crippen LogP contribution in [0.3, 0.4) is 0 Å². The molecule has 0 radical (unpaired) electrons. The van der Waals surface area contributed by atoms with E-state index in [4.69, 9.17) is 4.74 Å². The van der Waals surface area contributed by atoms with Crippen LogP contribution in [0.25, 0.3) is 0 Å². The van der Waals surface area contributed by atoms with E-state index in [0.717, 1.165) is 0 Å². The molecule has 0 fully saturated rings. The first-order valence-electron chi connectivity index (χ1n) is 5.24. The number of nitrogens with one attached hydrogen (secondary N) is 1.